The molecule has 0 spiro atoms. The summed E-state index contributed by atoms with van der Waals surface area (Å²) < 4.78 is 5.20. The zero-order valence-electron chi connectivity index (χ0n) is 15.5. The molecule has 0 bridgehead atoms. The fourth-order valence-electron chi connectivity index (χ4n) is 2.30. The van der Waals surface area contributed by atoms with E-state index in [0.29, 0.717) is 6.54 Å². The Labute approximate surface area is 171 Å². The van der Waals surface area contributed by atoms with E-state index >= 15 is 0 Å². The van der Waals surface area contributed by atoms with Crippen LogP contribution in [0, 0.1) is 13.8 Å². The number of nitrogens with one attached hydrogen (secondary N) is 1. The van der Waals surface area contributed by atoms with Crippen molar-refractivity contribution in [2.24, 2.45) is 4.99 Å². The topological polar surface area (TPSA) is 49.8 Å². The molecule has 138 valence electrons. The quantitative estimate of drug-likeness (QED) is 0.391. The van der Waals surface area contributed by atoms with Crippen molar-refractivity contribution in [1.82, 2.24) is 15.2 Å². The molecule has 0 fully saturated rings. The molecule has 2 rings (SSSR count). The lowest BCUT2D eigenvalue weighted by Crippen LogP contribution is -2.38. The predicted octanol–water partition coefficient (Wildman–Crippen LogP) is 3.98. The third kappa shape index (κ3) is 6.47. The summed E-state index contributed by atoms with van der Waals surface area (Å²) in [7, 11) is 3.73. The molecule has 0 saturated carbocycles. The van der Waals surface area contributed by atoms with Gasteiger partial charge >= 0.3 is 0 Å². The van der Waals surface area contributed by atoms with Gasteiger partial charge in [0.25, 0.3) is 0 Å². The standard InChI is InChI=1S/C18H26N4OS.HI/c1-6-19-18(20-11-17-21-13(2)14(3)24-17)22(4)12-15-7-9-16(23-5)10-8-15;/h7-10H,6,11-12H2,1-5H3,(H,19,20);1H. The van der Waals surface area contributed by atoms with Crippen LogP contribution in [0.3, 0.4) is 0 Å². The van der Waals surface area contributed by atoms with E-state index in [1.807, 2.05) is 26.1 Å². The van der Waals surface area contributed by atoms with Gasteiger partial charge in [0.05, 0.1) is 19.3 Å². The largest absolute Gasteiger partial charge is 0.497 e. The first-order chi connectivity index (χ1) is 11.5. The number of aromatic nitrogens is 1. The second-order valence-corrected chi connectivity index (χ2v) is 6.91. The van der Waals surface area contributed by atoms with Crippen LogP contribution in [0.15, 0.2) is 29.3 Å². The van der Waals surface area contributed by atoms with Crippen LogP contribution in [0.25, 0.3) is 0 Å². The number of aryl methyl sites for hydroxylation is 2. The SMILES string of the molecule is CCNC(=NCc1nc(C)c(C)s1)N(C)Cc1ccc(OC)cc1.I. The van der Waals surface area contributed by atoms with Crippen LogP contribution in [-0.4, -0.2) is 36.5 Å². The Kier molecular flexibility index (Phi) is 9.20. The number of thiazole rings is 1. The molecule has 1 aromatic carbocycles. The molecule has 0 aliphatic rings. The molecule has 2 aromatic rings. The van der Waals surface area contributed by atoms with Gasteiger partial charge in [0.1, 0.15) is 10.8 Å². The molecule has 0 amide bonds. The van der Waals surface area contributed by atoms with Gasteiger partial charge in [-0.05, 0) is 38.5 Å². The Morgan fingerprint density at radius 1 is 1.28 bits per heavy atom. The number of aliphatic imine (C=N–C) groups is 1. The number of hydrogen-bond donors (Lipinski definition) is 1. The average Bonchev–Trinajstić information content (AvgIpc) is 2.90. The van der Waals surface area contributed by atoms with E-state index in [-0.39, 0.29) is 24.0 Å². The number of halogens is 1. The van der Waals surface area contributed by atoms with Gasteiger partial charge in [-0.25, -0.2) is 9.98 Å². The molecule has 0 radical (unpaired) electrons. The van der Waals surface area contributed by atoms with Crippen LogP contribution in [-0.2, 0) is 13.1 Å². The van der Waals surface area contributed by atoms with Crippen LogP contribution < -0.4 is 10.1 Å². The molecular weight excluding hydrogens is 447 g/mol. The number of ether oxygens (including phenoxy) is 1. The van der Waals surface area contributed by atoms with E-state index in [1.165, 1.54) is 10.4 Å². The lowest BCUT2D eigenvalue weighted by Gasteiger charge is -2.22. The average molecular weight is 474 g/mol. The van der Waals surface area contributed by atoms with Crippen LogP contribution in [0.4, 0.5) is 0 Å². The van der Waals surface area contributed by atoms with Crippen molar-refractivity contribution < 1.29 is 4.74 Å². The predicted molar refractivity (Wildman–Crippen MR) is 116 cm³/mol. The fourth-order valence-corrected chi connectivity index (χ4v) is 3.16. The van der Waals surface area contributed by atoms with E-state index < -0.39 is 0 Å². The number of rotatable bonds is 6. The van der Waals surface area contributed by atoms with Crippen molar-refractivity contribution >= 4 is 41.3 Å². The second kappa shape index (κ2) is 10.6. The van der Waals surface area contributed by atoms with Gasteiger partial charge in [0.2, 0.25) is 0 Å². The van der Waals surface area contributed by atoms with Crippen LogP contribution in [0.1, 0.15) is 28.1 Å². The zero-order valence-corrected chi connectivity index (χ0v) is 18.6. The molecule has 1 heterocycles. The number of hydrogen-bond acceptors (Lipinski definition) is 4. The van der Waals surface area contributed by atoms with Gasteiger partial charge in [0.15, 0.2) is 5.96 Å². The molecule has 1 aromatic heterocycles. The van der Waals surface area contributed by atoms with Crippen molar-refractivity contribution in [2.45, 2.75) is 33.9 Å². The highest BCUT2D eigenvalue weighted by Gasteiger charge is 2.08. The zero-order chi connectivity index (χ0) is 17.5. The summed E-state index contributed by atoms with van der Waals surface area (Å²) in [5, 5.41) is 4.40. The Morgan fingerprint density at radius 3 is 2.48 bits per heavy atom. The summed E-state index contributed by atoms with van der Waals surface area (Å²) >= 11 is 1.72. The summed E-state index contributed by atoms with van der Waals surface area (Å²) in [6.45, 7) is 8.44. The number of methoxy groups -OCH3 is 1. The maximum atomic E-state index is 5.20. The highest BCUT2D eigenvalue weighted by atomic mass is 127. The molecule has 0 aliphatic heterocycles. The van der Waals surface area contributed by atoms with Gasteiger partial charge < -0.3 is 15.0 Å². The van der Waals surface area contributed by atoms with Crippen molar-refractivity contribution in [3.8, 4) is 5.75 Å². The first kappa shape index (κ1) is 21.7. The van der Waals surface area contributed by atoms with E-state index in [1.54, 1.807) is 18.4 Å². The minimum Gasteiger partial charge on any atom is -0.497 e. The maximum Gasteiger partial charge on any atom is 0.194 e. The summed E-state index contributed by atoms with van der Waals surface area (Å²) in [5.74, 6) is 1.76. The molecular formula is C18H27IN4OS. The van der Waals surface area contributed by atoms with E-state index in [2.05, 4.69) is 41.2 Å². The lowest BCUT2D eigenvalue weighted by atomic mass is 10.2. The van der Waals surface area contributed by atoms with Crippen molar-refractivity contribution in [3.05, 3.63) is 45.4 Å². The molecule has 25 heavy (non-hydrogen) atoms. The molecule has 5 nitrogen and oxygen atoms in total. The highest BCUT2D eigenvalue weighted by molar-refractivity contribution is 14.0. The van der Waals surface area contributed by atoms with Gasteiger partial charge in [-0.1, -0.05) is 12.1 Å². The molecule has 1 N–H and O–H groups in total. The summed E-state index contributed by atoms with van der Waals surface area (Å²) in [6, 6.07) is 8.11. The Hall–Kier alpha value is -1.35. The molecule has 0 aliphatic carbocycles. The van der Waals surface area contributed by atoms with E-state index in [0.717, 1.165) is 35.5 Å². The fraction of sp³-hybridized carbons (Fsp3) is 0.444. The normalized spacial score (nSPS) is 11.0. The first-order valence-electron chi connectivity index (χ1n) is 8.08. The van der Waals surface area contributed by atoms with Gasteiger partial charge in [-0.15, -0.1) is 35.3 Å². The Balaban J connectivity index is 0.00000312. The Bertz CT molecular complexity index is 665. The maximum absolute atomic E-state index is 5.20. The monoisotopic (exact) mass is 474 g/mol. The number of benzene rings is 1. The van der Waals surface area contributed by atoms with Crippen LogP contribution >= 0.6 is 35.3 Å². The minimum atomic E-state index is 0. The summed E-state index contributed by atoms with van der Waals surface area (Å²) in [4.78, 5) is 12.7. The summed E-state index contributed by atoms with van der Waals surface area (Å²) in [5.41, 5.74) is 2.31. The van der Waals surface area contributed by atoms with E-state index in [9.17, 15) is 0 Å². The third-order valence-electron chi connectivity index (χ3n) is 3.71. The van der Waals surface area contributed by atoms with Gasteiger partial charge in [0, 0.05) is 25.0 Å². The van der Waals surface area contributed by atoms with Crippen molar-refractivity contribution in [3.63, 3.8) is 0 Å². The number of nitrogens with zero attached hydrogens (tertiary/aromatic N) is 3. The van der Waals surface area contributed by atoms with Crippen molar-refractivity contribution in [1.29, 1.82) is 0 Å². The van der Waals surface area contributed by atoms with Gasteiger partial charge in [-0.3, -0.25) is 0 Å². The lowest BCUT2D eigenvalue weighted by molar-refractivity contribution is 0.414. The minimum absolute atomic E-state index is 0. The van der Waals surface area contributed by atoms with Gasteiger partial charge in [-0.2, -0.15) is 0 Å². The number of guanidine groups is 1. The highest BCUT2D eigenvalue weighted by Crippen LogP contribution is 2.17. The smallest absolute Gasteiger partial charge is 0.194 e. The Morgan fingerprint density at radius 2 is 1.96 bits per heavy atom. The van der Waals surface area contributed by atoms with Crippen molar-refractivity contribution in [2.75, 3.05) is 20.7 Å². The van der Waals surface area contributed by atoms with E-state index in [4.69, 9.17) is 9.73 Å². The molecule has 0 unspecified atom stereocenters. The van der Waals surface area contributed by atoms with Crippen LogP contribution in [0.5, 0.6) is 5.75 Å². The molecule has 0 saturated heterocycles. The second-order valence-electron chi connectivity index (χ2n) is 5.62. The summed E-state index contributed by atoms with van der Waals surface area (Å²) in [6.07, 6.45) is 0. The molecule has 7 heteroatoms. The molecule has 0 atom stereocenters. The third-order valence-corrected chi connectivity index (χ3v) is 4.77. The van der Waals surface area contributed by atoms with Crippen LogP contribution in [0.2, 0.25) is 0 Å². The first-order valence-corrected chi connectivity index (χ1v) is 8.90.